The predicted molar refractivity (Wildman–Crippen MR) is 97.4 cm³/mol. The van der Waals surface area contributed by atoms with E-state index in [1.807, 2.05) is 0 Å². The molecule has 0 aliphatic carbocycles. The summed E-state index contributed by atoms with van der Waals surface area (Å²) in [4.78, 5) is 38.2. The van der Waals surface area contributed by atoms with Crippen molar-refractivity contribution in [3.63, 3.8) is 0 Å². The maximum absolute atomic E-state index is 13.0. The van der Waals surface area contributed by atoms with Crippen LogP contribution >= 0.6 is 0 Å². The molecule has 2 N–H and O–H groups in total. The van der Waals surface area contributed by atoms with Crippen LogP contribution in [-0.2, 0) is 17.9 Å². The number of nitrogens with zero attached hydrogens (tertiary/aromatic N) is 3. The molecular formula is C19H17FN4O3. The van der Waals surface area contributed by atoms with Crippen LogP contribution in [0.1, 0.15) is 16.1 Å². The first kappa shape index (κ1) is 18.2. The third kappa shape index (κ3) is 3.84. The molecule has 2 amide bonds. The largest absolute Gasteiger partial charge is 0.364 e. The van der Waals surface area contributed by atoms with Gasteiger partial charge in [0.2, 0.25) is 5.91 Å². The Kier molecular flexibility index (Phi) is 4.98. The fraction of sp³-hybridized carbons (Fsp3) is 0.158. The van der Waals surface area contributed by atoms with E-state index in [0.29, 0.717) is 5.39 Å². The third-order valence-corrected chi connectivity index (χ3v) is 4.14. The lowest BCUT2D eigenvalue weighted by Gasteiger charge is -2.18. The first-order valence-corrected chi connectivity index (χ1v) is 8.15. The average molecular weight is 368 g/mol. The normalized spacial score (nSPS) is 10.7. The van der Waals surface area contributed by atoms with Gasteiger partial charge in [0.1, 0.15) is 12.4 Å². The topological polar surface area (TPSA) is 98.3 Å². The summed E-state index contributed by atoms with van der Waals surface area (Å²) in [5.41, 5.74) is 5.54. The number of likely N-dealkylation sites (N-methyl/N-ethyl adjacent to an activating group) is 1. The second-order valence-electron chi connectivity index (χ2n) is 6.10. The Bertz CT molecular complexity index is 1080. The molecule has 1 aromatic heterocycles. The van der Waals surface area contributed by atoms with Gasteiger partial charge in [-0.3, -0.25) is 14.4 Å². The molecule has 8 heteroatoms. The molecule has 2 aromatic carbocycles. The molecule has 7 nitrogen and oxygen atoms in total. The Morgan fingerprint density at radius 1 is 1.11 bits per heavy atom. The van der Waals surface area contributed by atoms with Crippen molar-refractivity contribution in [1.82, 2.24) is 14.7 Å². The van der Waals surface area contributed by atoms with Crippen LogP contribution in [0.4, 0.5) is 4.39 Å². The maximum Gasteiger partial charge on any atom is 0.275 e. The Hall–Kier alpha value is -3.55. The number of rotatable bonds is 5. The molecule has 1 heterocycles. The van der Waals surface area contributed by atoms with Gasteiger partial charge in [-0.1, -0.05) is 30.3 Å². The van der Waals surface area contributed by atoms with Crippen molar-refractivity contribution in [3.05, 3.63) is 76.0 Å². The van der Waals surface area contributed by atoms with Crippen molar-refractivity contribution in [3.8, 4) is 0 Å². The van der Waals surface area contributed by atoms with E-state index < -0.39 is 11.5 Å². The summed E-state index contributed by atoms with van der Waals surface area (Å²) in [6.45, 7) is -0.105. The molecule has 0 saturated heterocycles. The van der Waals surface area contributed by atoms with Crippen LogP contribution in [0.15, 0.2) is 53.3 Å². The smallest absolute Gasteiger partial charge is 0.275 e. The van der Waals surface area contributed by atoms with Gasteiger partial charge in [-0.25, -0.2) is 9.07 Å². The third-order valence-electron chi connectivity index (χ3n) is 4.14. The van der Waals surface area contributed by atoms with Crippen molar-refractivity contribution in [2.45, 2.75) is 13.1 Å². The molecular weight excluding hydrogens is 351 g/mol. The molecule has 0 atom stereocenters. The summed E-state index contributed by atoms with van der Waals surface area (Å²) in [5.74, 6) is -1.54. The van der Waals surface area contributed by atoms with E-state index in [1.54, 1.807) is 43.4 Å². The highest BCUT2D eigenvalue weighted by atomic mass is 19.1. The molecule has 0 unspecified atom stereocenters. The summed E-state index contributed by atoms with van der Waals surface area (Å²) in [7, 11) is 1.56. The number of nitrogens with two attached hydrogens (primary N) is 1. The van der Waals surface area contributed by atoms with Crippen molar-refractivity contribution in [2.75, 3.05) is 7.05 Å². The fourth-order valence-electron chi connectivity index (χ4n) is 2.72. The molecule has 0 fully saturated rings. The van der Waals surface area contributed by atoms with Gasteiger partial charge in [0, 0.05) is 19.0 Å². The van der Waals surface area contributed by atoms with Crippen LogP contribution in [0, 0.1) is 5.82 Å². The van der Waals surface area contributed by atoms with Gasteiger partial charge in [-0.2, -0.15) is 5.10 Å². The maximum atomic E-state index is 13.0. The number of fused-ring (bicyclic) bond motifs is 1. The number of primary amides is 1. The molecule has 27 heavy (non-hydrogen) atoms. The highest BCUT2D eigenvalue weighted by molar-refractivity contribution is 6.04. The Labute approximate surface area is 153 Å². The number of benzene rings is 2. The molecule has 3 rings (SSSR count). The number of amides is 2. The summed E-state index contributed by atoms with van der Waals surface area (Å²) < 4.78 is 13.9. The lowest BCUT2D eigenvalue weighted by molar-refractivity contribution is -0.131. The van der Waals surface area contributed by atoms with Crippen molar-refractivity contribution in [2.24, 2.45) is 5.73 Å². The number of aromatic nitrogens is 2. The lowest BCUT2D eigenvalue weighted by Crippen LogP contribution is -2.36. The van der Waals surface area contributed by atoms with Crippen LogP contribution in [-0.4, -0.2) is 33.5 Å². The number of hydrogen-bond acceptors (Lipinski definition) is 4. The van der Waals surface area contributed by atoms with Gasteiger partial charge < -0.3 is 10.6 Å². The highest BCUT2D eigenvalue weighted by Crippen LogP contribution is 2.13. The number of halogens is 1. The van der Waals surface area contributed by atoms with E-state index in [-0.39, 0.29) is 35.9 Å². The van der Waals surface area contributed by atoms with E-state index in [9.17, 15) is 18.8 Å². The van der Waals surface area contributed by atoms with Gasteiger partial charge in [0.25, 0.3) is 11.5 Å². The zero-order valence-electron chi connectivity index (χ0n) is 14.6. The standard InChI is InChI=1S/C19H17FN4O3/c1-23(10-12-6-8-13(20)9-7-12)16(25)11-24-19(27)15-5-3-2-4-14(15)17(22-24)18(21)26/h2-9H,10-11H2,1H3,(H2,21,26). The average Bonchev–Trinajstić information content (AvgIpc) is 2.65. The second-order valence-corrected chi connectivity index (χ2v) is 6.10. The van der Waals surface area contributed by atoms with Gasteiger partial charge in [0.05, 0.1) is 5.39 Å². The van der Waals surface area contributed by atoms with Gasteiger partial charge >= 0.3 is 0 Å². The molecule has 0 bridgehead atoms. The van der Waals surface area contributed by atoms with E-state index in [2.05, 4.69) is 5.10 Å². The highest BCUT2D eigenvalue weighted by Gasteiger charge is 2.17. The van der Waals surface area contributed by atoms with Crippen LogP contribution < -0.4 is 11.3 Å². The molecule has 138 valence electrons. The summed E-state index contributed by atoms with van der Waals surface area (Å²) >= 11 is 0. The van der Waals surface area contributed by atoms with Crippen LogP contribution in [0.2, 0.25) is 0 Å². The quantitative estimate of drug-likeness (QED) is 0.734. The second kappa shape index (κ2) is 7.36. The minimum atomic E-state index is -0.785. The number of carbonyl (C=O) groups excluding carboxylic acids is 2. The Morgan fingerprint density at radius 2 is 1.74 bits per heavy atom. The van der Waals surface area contributed by atoms with Gasteiger partial charge in [0.15, 0.2) is 5.69 Å². The predicted octanol–water partition coefficient (Wildman–Crippen LogP) is 1.29. The van der Waals surface area contributed by atoms with E-state index in [0.717, 1.165) is 10.2 Å². The molecule has 0 spiro atoms. The number of carbonyl (C=O) groups is 2. The van der Waals surface area contributed by atoms with Crippen LogP contribution in [0.3, 0.4) is 0 Å². The lowest BCUT2D eigenvalue weighted by atomic mass is 10.1. The zero-order chi connectivity index (χ0) is 19.6. The molecule has 0 radical (unpaired) electrons. The molecule has 3 aromatic rings. The monoisotopic (exact) mass is 368 g/mol. The zero-order valence-corrected chi connectivity index (χ0v) is 14.6. The minimum absolute atomic E-state index is 0.0702. The molecule has 0 aliphatic rings. The summed E-state index contributed by atoms with van der Waals surface area (Å²) in [6, 6.07) is 12.2. The first-order valence-electron chi connectivity index (χ1n) is 8.15. The molecule has 0 aliphatic heterocycles. The van der Waals surface area contributed by atoms with E-state index >= 15 is 0 Å². The SMILES string of the molecule is CN(Cc1ccc(F)cc1)C(=O)Cn1nc(C(N)=O)c2ccccc2c1=O. The Balaban J connectivity index is 1.88. The summed E-state index contributed by atoms with van der Waals surface area (Å²) in [5, 5.41) is 4.58. The first-order chi connectivity index (χ1) is 12.9. The van der Waals surface area contributed by atoms with Crippen molar-refractivity contribution in [1.29, 1.82) is 0 Å². The van der Waals surface area contributed by atoms with E-state index in [4.69, 9.17) is 5.73 Å². The Morgan fingerprint density at radius 3 is 2.37 bits per heavy atom. The van der Waals surface area contributed by atoms with Crippen LogP contribution in [0.5, 0.6) is 0 Å². The van der Waals surface area contributed by atoms with Gasteiger partial charge in [-0.15, -0.1) is 0 Å². The van der Waals surface area contributed by atoms with Crippen molar-refractivity contribution < 1.29 is 14.0 Å². The van der Waals surface area contributed by atoms with Crippen LogP contribution in [0.25, 0.3) is 10.8 Å². The minimum Gasteiger partial charge on any atom is -0.364 e. The fourth-order valence-corrected chi connectivity index (χ4v) is 2.72. The summed E-state index contributed by atoms with van der Waals surface area (Å²) in [6.07, 6.45) is 0. The van der Waals surface area contributed by atoms with E-state index in [1.165, 1.54) is 17.0 Å². The van der Waals surface area contributed by atoms with Crippen molar-refractivity contribution >= 4 is 22.6 Å². The number of hydrogen-bond donors (Lipinski definition) is 1. The molecule has 0 saturated carbocycles. The van der Waals surface area contributed by atoms with Gasteiger partial charge in [-0.05, 0) is 23.8 Å².